The second kappa shape index (κ2) is 6.96. The lowest BCUT2D eigenvalue weighted by atomic mass is 9.86. The summed E-state index contributed by atoms with van der Waals surface area (Å²) in [6.07, 6.45) is 11.5. The van der Waals surface area contributed by atoms with E-state index in [1.54, 1.807) is 12.4 Å². The molecule has 1 saturated heterocycles. The third-order valence-electron chi connectivity index (χ3n) is 5.43. The lowest BCUT2D eigenvalue weighted by molar-refractivity contribution is -0.133. The lowest BCUT2D eigenvalue weighted by Crippen LogP contribution is -2.55. The van der Waals surface area contributed by atoms with Crippen LogP contribution in [0.1, 0.15) is 31.2 Å². The highest BCUT2D eigenvalue weighted by atomic mass is 16.2. The molecule has 1 N–H and O–H groups in total. The first-order chi connectivity index (χ1) is 12.3. The molecule has 0 aromatic carbocycles. The third kappa shape index (κ3) is 3.58. The first-order valence-electron chi connectivity index (χ1n) is 9.16. The van der Waals surface area contributed by atoms with E-state index in [9.17, 15) is 4.79 Å². The van der Waals surface area contributed by atoms with Crippen molar-refractivity contribution in [3.8, 4) is 0 Å². The maximum atomic E-state index is 13.0. The Kier molecular flexibility index (Phi) is 4.53. The molecule has 2 fully saturated rings. The van der Waals surface area contributed by atoms with Gasteiger partial charge in [-0.05, 0) is 49.3 Å². The van der Waals surface area contributed by atoms with E-state index < -0.39 is 5.54 Å². The molecule has 2 aromatic heterocycles. The molecule has 0 bridgehead atoms. The summed E-state index contributed by atoms with van der Waals surface area (Å²) in [5.74, 6) is 0.813. The molecule has 4 rings (SSSR count). The number of rotatable bonds is 6. The lowest BCUT2D eigenvalue weighted by Gasteiger charge is -2.40. The predicted molar refractivity (Wildman–Crippen MR) is 94.7 cm³/mol. The Bertz CT molecular complexity index is 688. The highest BCUT2D eigenvalue weighted by molar-refractivity contribution is 5.84. The highest BCUT2D eigenvalue weighted by Gasteiger charge is 2.44. The molecule has 2 aromatic rings. The van der Waals surface area contributed by atoms with Crippen LogP contribution in [0.3, 0.4) is 0 Å². The average molecular weight is 339 g/mol. The maximum absolute atomic E-state index is 13.0. The van der Waals surface area contributed by atoms with Gasteiger partial charge in [-0.15, -0.1) is 0 Å². The average Bonchev–Trinajstić information content (AvgIpc) is 3.32. The number of hydrogen-bond acceptors (Lipinski definition) is 4. The van der Waals surface area contributed by atoms with Crippen molar-refractivity contribution in [3.05, 3.63) is 48.5 Å². The number of aromatic nitrogens is 3. The van der Waals surface area contributed by atoms with Crippen LogP contribution in [0, 0.1) is 5.92 Å². The Morgan fingerprint density at radius 3 is 2.72 bits per heavy atom. The summed E-state index contributed by atoms with van der Waals surface area (Å²) in [7, 11) is 0. The Balaban J connectivity index is 1.44. The van der Waals surface area contributed by atoms with E-state index in [1.807, 2.05) is 29.2 Å². The van der Waals surface area contributed by atoms with Crippen LogP contribution in [-0.4, -0.2) is 45.2 Å². The van der Waals surface area contributed by atoms with Gasteiger partial charge in [0.25, 0.3) is 0 Å². The number of carbonyl (C=O) groups is 1. The molecule has 132 valence electrons. The molecule has 1 saturated carbocycles. The van der Waals surface area contributed by atoms with Gasteiger partial charge in [0.05, 0.1) is 0 Å². The summed E-state index contributed by atoms with van der Waals surface area (Å²) in [6, 6.07) is 5.97. The monoisotopic (exact) mass is 339 g/mol. The van der Waals surface area contributed by atoms with Crippen LogP contribution >= 0.6 is 0 Å². The number of nitrogens with one attached hydrogen (secondary N) is 1. The highest BCUT2D eigenvalue weighted by Crippen LogP contribution is 2.32. The van der Waals surface area contributed by atoms with Crippen molar-refractivity contribution < 1.29 is 4.79 Å². The Morgan fingerprint density at radius 2 is 2.08 bits per heavy atom. The predicted octanol–water partition coefficient (Wildman–Crippen LogP) is 1.80. The van der Waals surface area contributed by atoms with E-state index >= 15 is 0 Å². The van der Waals surface area contributed by atoms with Crippen molar-refractivity contribution in [1.29, 1.82) is 0 Å². The van der Waals surface area contributed by atoms with Gasteiger partial charge in [0, 0.05) is 51.0 Å². The van der Waals surface area contributed by atoms with Crippen molar-refractivity contribution in [1.82, 2.24) is 25.0 Å². The van der Waals surface area contributed by atoms with Crippen LogP contribution < -0.4 is 5.32 Å². The zero-order valence-corrected chi connectivity index (χ0v) is 14.5. The van der Waals surface area contributed by atoms with E-state index in [0.717, 1.165) is 39.0 Å². The van der Waals surface area contributed by atoms with Gasteiger partial charge < -0.3 is 5.32 Å². The summed E-state index contributed by atoms with van der Waals surface area (Å²) in [4.78, 5) is 19.6. The van der Waals surface area contributed by atoms with Gasteiger partial charge in [0.15, 0.2) is 0 Å². The summed E-state index contributed by atoms with van der Waals surface area (Å²) in [5.41, 5.74) is 0.663. The van der Waals surface area contributed by atoms with Crippen molar-refractivity contribution in [2.45, 2.75) is 37.8 Å². The molecule has 1 aliphatic heterocycles. The van der Waals surface area contributed by atoms with Gasteiger partial charge in [0.2, 0.25) is 5.91 Å². The maximum Gasteiger partial charge on any atom is 0.248 e. The standard InChI is InChI=1S/C19H25N5O/c25-18(21-14-16-4-5-16)19(24-10-2-9-22-24)6-11-23(12-7-19)15-17-3-1-8-20-13-17/h1-3,8-10,13,16H,4-7,11-12,14-15H2,(H,21,25). The van der Waals surface area contributed by atoms with Gasteiger partial charge in [0.1, 0.15) is 5.54 Å². The van der Waals surface area contributed by atoms with Crippen LogP contribution in [-0.2, 0) is 16.9 Å². The van der Waals surface area contributed by atoms with Gasteiger partial charge in [-0.2, -0.15) is 5.10 Å². The second-order valence-corrected chi connectivity index (χ2v) is 7.27. The van der Waals surface area contributed by atoms with E-state index in [4.69, 9.17) is 0 Å². The van der Waals surface area contributed by atoms with E-state index in [2.05, 4.69) is 26.4 Å². The Morgan fingerprint density at radius 1 is 1.24 bits per heavy atom. The zero-order valence-electron chi connectivity index (χ0n) is 14.5. The van der Waals surface area contributed by atoms with Gasteiger partial charge in [-0.3, -0.25) is 19.4 Å². The smallest absolute Gasteiger partial charge is 0.248 e. The molecule has 6 nitrogen and oxygen atoms in total. The molecule has 0 unspecified atom stereocenters. The molecule has 0 spiro atoms. The normalized spacial score (nSPS) is 20.3. The van der Waals surface area contributed by atoms with Crippen molar-refractivity contribution >= 4 is 5.91 Å². The summed E-state index contributed by atoms with van der Waals surface area (Å²) in [5, 5.41) is 7.59. The van der Waals surface area contributed by atoms with Crippen molar-refractivity contribution in [2.24, 2.45) is 5.92 Å². The Labute approximate surface area is 148 Å². The molecule has 0 atom stereocenters. The molecule has 3 heterocycles. The first kappa shape index (κ1) is 16.3. The number of likely N-dealkylation sites (tertiary alicyclic amines) is 1. The summed E-state index contributed by atoms with van der Waals surface area (Å²) >= 11 is 0. The minimum atomic E-state index is -0.552. The van der Waals surface area contributed by atoms with Crippen molar-refractivity contribution in [2.75, 3.05) is 19.6 Å². The molecule has 0 radical (unpaired) electrons. The number of amides is 1. The quantitative estimate of drug-likeness (QED) is 0.872. The number of hydrogen-bond donors (Lipinski definition) is 1. The van der Waals surface area contributed by atoms with Crippen LogP contribution in [0.25, 0.3) is 0 Å². The largest absolute Gasteiger partial charge is 0.354 e. The van der Waals surface area contributed by atoms with E-state index in [1.165, 1.54) is 18.4 Å². The van der Waals surface area contributed by atoms with Crippen LogP contribution in [0.5, 0.6) is 0 Å². The van der Waals surface area contributed by atoms with Gasteiger partial charge in [-0.25, -0.2) is 0 Å². The van der Waals surface area contributed by atoms with E-state index in [0.29, 0.717) is 5.92 Å². The summed E-state index contributed by atoms with van der Waals surface area (Å²) in [6.45, 7) is 3.45. The SMILES string of the molecule is O=C(NCC1CC1)C1(n2cccn2)CCN(Cc2cccnc2)CC1. The first-order valence-corrected chi connectivity index (χ1v) is 9.16. The number of carbonyl (C=O) groups excluding carboxylic acids is 1. The second-order valence-electron chi connectivity index (χ2n) is 7.27. The molecule has 2 aliphatic rings. The minimum Gasteiger partial charge on any atom is -0.354 e. The van der Waals surface area contributed by atoms with Gasteiger partial charge >= 0.3 is 0 Å². The van der Waals surface area contributed by atoms with Gasteiger partial charge in [-0.1, -0.05) is 6.07 Å². The molecule has 1 amide bonds. The fraction of sp³-hybridized carbons (Fsp3) is 0.526. The summed E-state index contributed by atoms with van der Waals surface area (Å²) < 4.78 is 1.87. The zero-order chi connectivity index (χ0) is 17.1. The van der Waals surface area contributed by atoms with Crippen LogP contribution in [0.4, 0.5) is 0 Å². The molecular weight excluding hydrogens is 314 g/mol. The topological polar surface area (TPSA) is 63.1 Å². The van der Waals surface area contributed by atoms with E-state index in [-0.39, 0.29) is 5.91 Å². The fourth-order valence-corrected chi connectivity index (χ4v) is 3.64. The number of pyridine rings is 1. The minimum absolute atomic E-state index is 0.129. The third-order valence-corrected chi connectivity index (χ3v) is 5.43. The molecule has 1 aliphatic carbocycles. The fourth-order valence-electron chi connectivity index (χ4n) is 3.64. The molecular formula is C19H25N5O. The Hall–Kier alpha value is -2.21. The number of piperidine rings is 1. The molecule has 25 heavy (non-hydrogen) atoms. The van der Waals surface area contributed by atoms with Crippen LogP contribution in [0.2, 0.25) is 0 Å². The number of nitrogens with zero attached hydrogens (tertiary/aromatic N) is 4. The molecule has 6 heteroatoms. The van der Waals surface area contributed by atoms with Crippen molar-refractivity contribution in [3.63, 3.8) is 0 Å². The van der Waals surface area contributed by atoms with Crippen LogP contribution in [0.15, 0.2) is 43.0 Å².